The Morgan fingerprint density at radius 2 is 2.18 bits per heavy atom. The molecule has 4 heteroatoms. The van der Waals surface area contributed by atoms with Crippen LogP contribution in [0.4, 0.5) is 0 Å². The molecule has 92 valence electrons. The summed E-state index contributed by atoms with van der Waals surface area (Å²) >= 11 is 6.00. The first-order valence-corrected chi connectivity index (χ1v) is 5.65. The van der Waals surface area contributed by atoms with Crippen molar-refractivity contribution in [3.05, 3.63) is 34.9 Å². The minimum atomic E-state index is -0.350. The first-order chi connectivity index (χ1) is 8.08. The van der Waals surface area contributed by atoms with E-state index in [9.17, 15) is 4.79 Å². The van der Waals surface area contributed by atoms with Crippen molar-refractivity contribution >= 4 is 23.1 Å². The van der Waals surface area contributed by atoms with E-state index in [1.54, 1.807) is 26.2 Å². The van der Waals surface area contributed by atoms with Gasteiger partial charge in [-0.05, 0) is 37.1 Å². The van der Waals surface area contributed by atoms with Crippen LogP contribution < -0.4 is 4.74 Å². The number of rotatable bonds is 4. The van der Waals surface area contributed by atoms with Crippen LogP contribution in [0, 0.1) is 0 Å². The lowest BCUT2D eigenvalue weighted by Crippen LogP contribution is -2.00. The second-order valence-corrected chi connectivity index (χ2v) is 3.84. The first-order valence-electron chi connectivity index (χ1n) is 5.27. The van der Waals surface area contributed by atoms with E-state index >= 15 is 0 Å². The molecular formula is C13H15ClO3. The van der Waals surface area contributed by atoms with E-state index < -0.39 is 0 Å². The molecule has 1 rings (SSSR count). The number of methoxy groups -OCH3 is 1. The van der Waals surface area contributed by atoms with Crippen LogP contribution in [-0.4, -0.2) is 19.7 Å². The van der Waals surface area contributed by atoms with E-state index in [1.165, 1.54) is 6.08 Å². The number of halogens is 1. The number of hydrogen-bond acceptors (Lipinski definition) is 3. The number of benzene rings is 1. The fourth-order valence-electron chi connectivity index (χ4n) is 1.36. The molecule has 0 saturated carbocycles. The third kappa shape index (κ3) is 3.79. The molecule has 0 aliphatic rings. The molecule has 0 spiro atoms. The minimum absolute atomic E-state index is 0.350. The van der Waals surface area contributed by atoms with Crippen molar-refractivity contribution in [2.75, 3.05) is 13.7 Å². The highest BCUT2D eigenvalue weighted by Gasteiger charge is 2.05. The van der Waals surface area contributed by atoms with Gasteiger partial charge in [0, 0.05) is 6.08 Å². The molecule has 1 aromatic rings. The second-order valence-electron chi connectivity index (χ2n) is 3.43. The lowest BCUT2D eigenvalue weighted by Gasteiger charge is -2.06. The molecule has 0 aliphatic carbocycles. The van der Waals surface area contributed by atoms with Gasteiger partial charge in [-0.25, -0.2) is 4.79 Å². The number of carbonyl (C=O) groups excluding carboxylic acids is 1. The average Bonchev–Trinajstić information content (AvgIpc) is 2.29. The van der Waals surface area contributed by atoms with Crippen LogP contribution in [-0.2, 0) is 9.53 Å². The van der Waals surface area contributed by atoms with E-state index in [-0.39, 0.29) is 5.97 Å². The molecule has 3 nitrogen and oxygen atoms in total. The summed E-state index contributed by atoms with van der Waals surface area (Å²) in [5.41, 5.74) is 1.66. The fourth-order valence-corrected chi connectivity index (χ4v) is 1.61. The zero-order valence-electron chi connectivity index (χ0n) is 10.1. The number of esters is 1. The molecule has 0 saturated heterocycles. The normalized spacial score (nSPS) is 11.2. The SMILES string of the molecule is CCOC(=O)C=C(C)c1ccc(OC)c(Cl)c1. The predicted octanol–water partition coefficient (Wildman–Crippen LogP) is 3.32. The minimum Gasteiger partial charge on any atom is -0.495 e. The van der Waals surface area contributed by atoms with Crippen molar-refractivity contribution in [2.45, 2.75) is 13.8 Å². The summed E-state index contributed by atoms with van der Waals surface area (Å²) in [6, 6.07) is 5.36. The van der Waals surface area contributed by atoms with E-state index in [1.807, 2.05) is 13.0 Å². The van der Waals surface area contributed by atoms with Crippen LogP contribution in [0.1, 0.15) is 19.4 Å². The highest BCUT2D eigenvalue weighted by Crippen LogP contribution is 2.27. The summed E-state index contributed by atoms with van der Waals surface area (Å²) in [6.07, 6.45) is 1.45. The van der Waals surface area contributed by atoms with Crippen molar-refractivity contribution in [1.82, 2.24) is 0 Å². The van der Waals surface area contributed by atoms with E-state index in [4.69, 9.17) is 21.1 Å². The maximum absolute atomic E-state index is 11.3. The van der Waals surface area contributed by atoms with Crippen LogP contribution in [0.2, 0.25) is 5.02 Å². The van der Waals surface area contributed by atoms with Gasteiger partial charge in [0.05, 0.1) is 18.7 Å². The number of ether oxygens (including phenoxy) is 2. The standard InChI is InChI=1S/C13H15ClO3/c1-4-17-13(15)7-9(2)10-5-6-12(16-3)11(14)8-10/h5-8H,4H2,1-3H3. The van der Waals surface area contributed by atoms with Gasteiger partial charge in [-0.1, -0.05) is 17.7 Å². The van der Waals surface area contributed by atoms with Crippen molar-refractivity contribution in [3.63, 3.8) is 0 Å². The number of carbonyl (C=O) groups is 1. The second kappa shape index (κ2) is 6.30. The molecule has 0 amide bonds. The molecule has 0 N–H and O–H groups in total. The van der Waals surface area contributed by atoms with Gasteiger partial charge in [0.1, 0.15) is 5.75 Å². The van der Waals surface area contributed by atoms with Gasteiger partial charge in [0.2, 0.25) is 0 Å². The molecule has 0 atom stereocenters. The van der Waals surface area contributed by atoms with Crippen LogP contribution in [0.15, 0.2) is 24.3 Å². The number of allylic oxidation sites excluding steroid dienone is 1. The molecule has 0 unspecified atom stereocenters. The van der Waals surface area contributed by atoms with Gasteiger partial charge in [-0.3, -0.25) is 0 Å². The highest BCUT2D eigenvalue weighted by atomic mass is 35.5. The number of hydrogen-bond donors (Lipinski definition) is 0. The first kappa shape index (κ1) is 13.6. The molecule has 0 aromatic heterocycles. The summed E-state index contributed by atoms with van der Waals surface area (Å²) in [7, 11) is 1.56. The van der Waals surface area contributed by atoms with Crippen molar-refractivity contribution in [3.8, 4) is 5.75 Å². The van der Waals surface area contributed by atoms with Gasteiger partial charge >= 0.3 is 5.97 Å². The van der Waals surface area contributed by atoms with Crippen molar-refractivity contribution < 1.29 is 14.3 Å². The fraction of sp³-hybridized carbons (Fsp3) is 0.308. The highest BCUT2D eigenvalue weighted by molar-refractivity contribution is 6.32. The molecule has 17 heavy (non-hydrogen) atoms. The van der Waals surface area contributed by atoms with Crippen molar-refractivity contribution in [2.24, 2.45) is 0 Å². The molecule has 0 fully saturated rings. The maximum Gasteiger partial charge on any atom is 0.331 e. The Labute approximate surface area is 106 Å². The lowest BCUT2D eigenvalue weighted by atomic mass is 10.1. The monoisotopic (exact) mass is 254 g/mol. The molecule has 1 aromatic carbocycles. The summed E-state index contributed by atoms with van der Waals surface area (Å²) < 4.78 is 9.89. The zero-order valence-corrected chi connectivity index (χ0v) is 10.9. The summed E-state index contributed by atoms with van der Waals surface area (Å²) in [6.45, 7) is 3.96. The molecule has 0 bridgehead atoms. The quantitative estimate of drug-likeness (QED) is 0.611. The Hall–Kier alpha value is -1.48. The Morgan fingerprint density at radius 3 is 2.71 bits per heavy atom. The largest absolute Gasteiger partial charge is 0.495 e. The Bertz CT molecular complexity index is 438. The average molecular weight is 255 g/mol. The molecule has 0 radical (unpaired) electrons. The topological polar surface area (TPSA) is 35.5 Å². The third-order valence-corrected chi connectivity index (χ3v) is 2.52. The van der Waals surface area contributed by atoms with E-state index in [2.05, 4.69) is 0 Å². The summed E-state index contributed by atoms with van der Waals surface area (Å²) in [5, 5.41) is 0.515. The maximum atomic E-state index is 11.3. The van der Waals surface area contributed by atoms with Gasteiger partial charge in [0.25, 0.3) is 0 Å². The van der Waals surface area contributed by atoms with Crippen molar-refractivity contribution in [1.29, 1.82) is 0 Å². The van der Waals surface area contributed by atoms with E-state index in [0.29, 0.717) is 17.4 Å². The molecule has 0 aliphatic heterocycles. The Balaban J connectivity index is 2.93. The van der Waals surface area contributed by atoms with Crippen LogP contribution >= 0.6 is 11.6 Å². The van der Waals surface area contributed by atoms with Crippen LogP contribution in [0.25, 0.3) is 5.57 Å². The lowest BCUT2D eigenvalue weighted by molar-refractivity contribution is -0.137. The van der Waals surface area contributed by atoms with Crippen LogP contribution in [0.5, 0.6) is 5.75 Å². The molecule has 0 heterocycles. The Morgan fingerprint density at radius 1 is 1.47 bits per heavy atom. The predicted molar refractivity (Wildman–Crippen MR) is 68.3 cm³/mol. The van der Waals surface area contributed by atoms with E-state index in [0.717, 1.165) is 11.1 Å². The zero-order chi connectivity index (χ0) is 12.8. The summed E-state index contributed by atoms with van der Waals surface area (Å²) in [4.78, 5) is 11.3. The van der Waals surface area contributed by atoms with Gasteiger partial charge in [-0.15, -0.1) is 0 Å². The van der Waals surface area contributed by atoms with Gasteiger partial charge in [-0.2, -0.15) is 0 Å². The van der Waals surface area contributed by atoms with Gasteiger partial charge in [0.15, 0.2) is 0 Å². The smallest absolute Gasteiger partial charge is 0.331 e. The Kier molecular flexibility index (Phi) is 5.04. The van der Waals surface area contributed by atoms with Crippen LogP contribution in [0.3, 0.4) is 0 Å². The van der Waals surface area contributed by atoms with Gasteiger partial charge < -0.3 is 9.47 Å². The third-order valence-electron chi connectivity index (χ3n) is 2.23. The molecular weight excluding hydrogens is 240 g/mol. The summed E-state index contributed by atoms with van der Waals surface area (Å²) in [5.74, 6) is 0.260.